The Bertz CT molecular complexity index is 841. The average molecular weight is 389 g/mol. The monoisotopic (exact) mass is 388 g/mol. The third kappa shape index (κ3) is 1.98. The number of anilines is 2. The van der Waals surface area contributed by atoms with Crippen LogP contribution in [0.25, 0.3) is 0 Å². The van der Waals surface area contributed by atoms with Crippen LogP contribution in [0.2, 0.25) is 0 Å². The van der Waals surface area contributed by atoms with E-state index < -0.39 is 4.87 Å². The van der Waals surface area contributed by atoms with Crippen molar-refractivity contribution in [2.24, 2.45) is 0 Å². The van der Waals surface area contributed by atoms with E-state index in [0.717, 1.165) is 15.7 Å². The van der Waals surface area contributed by atoms with E-state index in [9.17, 15) is 9.59 Å². The van der Waals surface area contributed by atoms with Crippen molar-refractivity contribution in [1.82, 2.24) is 0 Å². The van der Waals surface area contributed by atoms with Gasteiger partial charge in [0, 0.05) is 21.4 Å². The van der Waals surface area contributed by atoms with Gasteiger partial charge >= 0.3 is 0 Å². The molecule has 0 aromatic heterocycles. The van der Waals surface area contributed by atoms with Crippen molar-refractivity contribution in [2.45, 2.75) is 17.0 Å². The summed E-state index contributed by atoms with van der Waals surface area (Å²) in [5.41, 5.74) is 2.33. The van der Waals surface area contributed by atoms with Gasteiger partial charge in [0.1, 0.15) is 0 Å². The number of carbonyl (C=O) groups is 2. The Morgan fingerprint density at radius 2 is 1.96 bits per heavy atom. The first kappa shape index (κ1) is 14.8. The molecule has 116 valence electrons. The van der Waals surface area contributed by atoms with Crippen molar-refractivity contribution in [3.8, 4) is 0 Å². The molecule has 1 N–H and O–H groups in total. The van der Waals surface area contributed by atoms with Crippen molar-refractivity contribution >= 4 is 50.9 Å². The Hall–Kier alpha value is -1.79. The summed E-state index contributed by atoms with van der Waals surface area (Å²) >= 11 is 4.84. The highest BCUT2D eigenvalue weighted by Crippen LogP contribution is 2.56. The summed E-state index contributed by atoms with van der Waals surface area (Å²) in [5, 5.41) is 2.63. The summed E-state index contributed by atoms with van der Waals surface area (Å²) in [6.07, 6.45) is 0. The number of fused-ring (bicyclic) bond motifs is 2. The van der Waals surface area contributed by atoms with Gasteiger partial charge in [0.25, 0.3) is 5.91 Å². The summed E-state index contributed by atoms with van der Waals surface area (Å²) in [6, 6.07) is 15.1. The van der Waals surface area contributed by atoms with Gasteiger partial charge in [-0.3, -0.25) is 14.5 Å². The maximum absolute atomic E-state index is 12.9. The van der Waals surface area contributed by atoms with Crippen LogP contribution in [0.15, 0.2) is 53.0 Å². The molecule has 2 aromatic carbocycles. The van der Waals surface area contributed by atoms with Crippen molar-refractivity contribution < 1.29 is 9.59 Å². The molecule has 0 unspecified atom stereocenters. The summed E-state index contributed by atoms with van der Waals surface area (Å²) in [6.45, 7) is 1.85. The molecule has 0 radical (unpaired) electrons. The number of thioether (sulfide) groups is 1. The highest BCUT2D eigenvalue weighted by Gasteiger charge is 2.60. The number of hydrogen-bond donors (Lipinski definition) is 1. The lowest BCUT2D eigenvalue weighted by Gasteiger charge is -2.32. The Labute approximate surface area is 146 Å². The summed E-state index contributed by atoms with van der Waals surface area (Å²) in [4.78, 5) is 26.3. The Kier molecular flexibility index (Phi) is 3.28. The molecule has 0 bridgehead atoms. The van der Waals surface area contributed by atoms with Gasteiger partial charge in [-0.25, -0.2) is 0 Å². The topological polar surface area (TPSA) is 49.4 Å². The number of nitrogens with zero attached hydrogens (tertiary/aromatic N) is 1. The van der Waals surface area contributed by atoms with E-state index in [-0.39, 0.29) is 17.1 Å². The van der Waals surface area contributed by atoms with Crippen molar-refractivity contribution in [2.75, 3.05) is 10.2 Å². The fraction of sp³-hybridized carbons (Fsp3) is 0.176. The molecule has 2 aromatic rings. The van der Waals surface area contributed by atoms with Gasteiger partial charge in [0.2, 0.25) is 10.8 Å². The van der Waals surface area contributed by atoms with E-state index in [2.05, 4.69) is 21.2 Å². The molecule has 23 heavy (non-hydrogen) atoms. The second kappa shape index (κ2) is 5.11. The van der Waals surface area contributed by atoms with Gasteiger partial charge in [-0.05, 0) is 31.2 Å². The van der Waals surface area contributed by atoms with Gasteiger partial charge in [-0.1, -0.05) is 40.2 Å². The van der Waals surface area contributed by atoms with Crippen molar-refractivity contribution in [3.63, 3.8) is 0 Å². The van der Waals surface area contributed by atoms with Gasteiger partial charge in [0.15, 0.2) is 0 Å². The quantitative estimate of drug-likeness (QED) is 0.809. The molecule has 0 aliphatic carbocycles. The molecular formula is C17H13BrN2O2S. The molecule has 4 nitrogen and oxygen atoms in total. The minimum atomic E-state index is -1.03. The maximum Gasteiger partial charge on any atom is 0.266 e. The molecule has 1 spiro atoms. The fourth-order valence-corrected chi connectivity index (χ4v) is 5.05. The smallest absolute Gasteiger partial charge is 0.266 e. The SMILES string of the molecule is C[C@@H]1S[C@]2(C(=O)Nc3ccccc32)N(c2cccc(Br)c2)C1=O. The van der Waals surface area contributed by atoms with Crippen molar-refractivity contribution in [3.05, 3.63) is 58.6 Å². The first-order valence-electron chi connectivity index (χ1n) is 7.22. The minimum Gasteiger partial charge on any atom is -0.323 e. The largest absolute Gasteiger partial charge is 0.323 e. The number of benzene rings is 2. The minimum absolute atomic E-state index is 0.0556. The van der Waals surface area contributed by atoms with Crippen LogP contribution in [-0.4, -0.2) is 17.1 Å². The number of carbonyl (C=O) groups excluding carboxylic acids is 2. The van der Waals surface area contributed by atoms with E-state index in [1.54, 1.807) is 4.90 Å². The van der Waals surface area contributed by atoms with Crippen LogP contribution in [0, 0.1) is 0 Å². The van der Waals surface area contributed by atoms with Gasteiger partial charge in [0.05, 0.1) is 5.25 Å². The van der Waals surface area contributed by atoms with Crippen LogP contribution in [0.5, 0.6) is 0 Å². The van der Waals surface area contributed by atoms with Crippen LogP contribution in [0.3, 0.4) is 0 Å². The lowest BCUT2D eigenvalue weighted by Crippen LogP contribution is -2.47. The molecular weight excluding hydrogens is 376 g/mol. The number of para-hydroxylation sites is 1. The summed E-state index contributed by atoms with van der Waals surface area (Å²) in [5.74, 6) is -0.221. The summed E-state index contributed by atoms with van der Waals surface area (Å²) < 4.78 is 0.870. The fourth-order valence-electron chi connectivity index (χ4n) is 3.18. The maximum atomic E-state index is 12.9. The normalized spacial score (nSPS) is 25.8. The molecule has 1 saturated heterocycles. The highest BCUT2D eigenvalue weighted by atomic mass is 79.9. The second-order valence-corrected chi connectivity index (χ2v) is 8.01. The third-order valence-corrected chi connectivity index (χ3v) is 6.12. The Morgan fingerprint density at radius 1 is 1.17 bits per heavy atom. The lowest BCUT2D eigenvalue weighted by molar-refractivity contribution is -0.122. The molecule has 4 rings (SSSR count). The number of rotatable bonds is 1. The van der Waals surface area contributed by atoms with E-state index >= 15 is 0 Å². The molecule has 1 fully saturated rings. The van der Waals surface area contributed by atoms with Crippen LogP contribution in [0.1, 0.15) is 12.5 Å². The molecule has 2 aliphatic heterocycles. The number of nitrogens with one attached hydrogen (secondary N) is 1. The van der Waals surface area contributed by atoms with Gasteiger partial charge < -0.3 is 5.32 Å². The van der Waals surface area contributed by atoms with Crippen LogP contribution in [0.4, 0.5) is 11.4 Å². The van der Waals surface area contributed by atoms with E-state index in [4.69, 9.17) is 0 Å². The van der Waals surface area contributed by atoms with E-state index in [0.29, 0.717) is 5.69 Å². The highest BCUT2D eigenvalue weighted by molar-refractivity contribution is 9.10. The van der Waals surface area contributed by atoms with Crippen LogP contribution >= 0.6 is 27.7 Å². The zero-order chi connectivity index (χ0) is 16.2. The van der Waals surface area contributed by atoms with E-state index in [1.165, 1.54) is 11.8 Å². The number of hydrogen-bond acceptors (Lipinski definition) is 3. The number of halogens is 1. The predicted molar refractivity (Wildman–Crippen MR) is 95.4 cm³/mol. The molecule has 2 amide bonds. The van der Waals surface area contributed by atoms with Gasteiger partial charge in [-0.2, -0.15) is 0 Å². The lowest BCUT2D eigenvalue weighted by atomic mass is 10.0. The molecule has 2 heterocycles. The zero-order valence-corrected chi connectivity index (χ0v) is 14.6. The van der Waals surface area contributed by atoms with Crippen LogP contribution in [-0.2, 0) is 14.5 Å². The summed E-state index contributed by atoms with van der Waals surface area (Å²) in [7, 11) is 0. The number of amides is 2. The predicted octanol–water partition coefficient (Wildman–Crippen LogP) is 3.72. The molecule has 2 aliphatic rings. The zero-order valence-electron chi connectivity index (χ0n) is 12.2. The first-order chi connectivity index (χ1) is 11.0. The Balaban J connectivity index is 1.96. The second-order valence-electron chi connectivity index (χ2n) is 5.56. The van der Waals surface area contributed by atoms with Gasteiger partial charge in [-0.15, -0.1) is 11.8 Å². The first-order valence-corrected chi connectivity index (χ1v) is 8.90. The average Bonchev–Trinajstić information content (AvgIpc) is 2.95. The van der Waals surface area contributed by atoms with Crippen molar-refractivity contribution in [1.29, 1.82) is 0 Å². The molecule has 0 saturated carbocycles. The Morgan fingerprint density at radius 3 is 2.74 bits per heavy atom. The standard InChI is InChI=1S/C17H13BrN2O2S/c1-10-15(21)20(12-6-4-5-11(18)9-12)17(23-10)13-7-2-3-8-14(13)19-16(17)22/h2-10H,1H3,(H,19,22)/t10-,17+/m0/s1. The molecule has 2 atom stereocenters. The van der Waals surface area contributed by atoms with E-state index in [1.807, 2.05) is 55.5 Å². The molecule has 6 heteroatoms. The van der Waals surface area contributed by atoms with Crippen LogP contribution < -0.4 is 10.2 Å². The third-order valence-electron chi connectivity index (χ3n) is 4.14.